The lowest BCUT2D eigenvalue weighted by atomic mass is 9.99. The van der Waals surface area contributed by atoms with Crippen LogP contribution in [-0.4, -0.2) is 15.0 Å². The third-order valence-corrected chi connectivity index (χ3v) is 10.1. The topological polar surface area (TPSA) is 51.8 Å². The first-order valence-electron chi connectivity index (χ1n) is 15.3. The molecule has 0 N–H and O–H groups in total. The molecule has 0 saturated carbocycles. The van der Waals surface area contributed by atoms with Crippen molar-refractivity contribution in [2.45, 2.75) is 0 Å². The minimum Gasteiger partial charge on any atom is -0.456 e. The van der Waals surface area contributed by atoms with Gasteiger partial charge >= 0.3 is 0 Å². The molecule has 0 spiro atoms. The molecule has 7 aromatic carbocycles. The highest BCUT2D eigenvalue weighted by molar-refractivity contribution is 7.25. The second kappa shape index (κ2) is 9.80. The number of benzene rings is 7. The lowest BCUT2D eigenvalue weighted by Gasteiger charge is -2.11. The van der Waals surface area contributed by atoms with Gasteiger partial charge in [-0.05, 0) is 64.0 Å². The van der Waals surface area contributed by atoms with E-state index in [4.69, 9.17) is 19.4 Å². The van der Waals surface area contributed by atoms with Crippen LogP contribution in [0.15, 0.2) is 144 Å². The van der Waals surface area contributed by atoms with Crippen LogP contribution in [0.1, 0.15) is 0 Å². The zero-order chi connectivity index (χ0) is 30.2. The second-order valence-electron chi connectivity index (χ2n) is 11.6. The molecule has 0 fully saturated rings. The van der Waals surface area contributed by atoms with E-state index < -0.39 is 0 Å². The van der Waals surface area contributed by atoms with Gasteiger partial charge in [-0.1, -0.05) is 97.1 Å². The highest BCUT2D eigenvalue weighted by atomic mass is 32.1. The van der Waals surface area contributed by atoms with E-state index in [0.717, 1.165) is 38.6 Å². The largest absolute Gasteiger partial charge is 0.456 e. The Morgan fingerprint density at radius 1 is 0.413 bits per heavy atom. The first-order chi connectivity index (χ1) is 22.8. The van der Waals surface area contributed by atoms with Crippen LogP contribution in [0.5, 0.6) is 0 Å². The third-order valence-electron chi connectivity index (χ3n) is 8.92. The Kier molecular flexibility index (Phi) is 5.41. The molecule has 0 aliphatic heterocycles. The molecule has 3 heterocycles. The number of nitrogens with zero attached hydrogens (tertiary/aromatic N) is 3. The Morgan fingerprint density at radius 2 is 1.02 bits per heavy atom. The number of fused-ring (bicyclic) bond motifs is 9. The summed E-state index contributed by atoms with van der Waals surface area (Å²) in [5, 5.41) is 9.27. The Bertz CT molecular complexity index is 2830. The van der Waals surface area contributed by atoms with Crippen molar-refractivity contribution in [3.8, 4) is 34.2 Å². The van der Waals surface area contributed by atoms with Crippen LogP contribution in [0.3, 0.4) is 0 Å². The van der Waals surface area contributed by atoms with Gasteiger partial charge in [0.1, 0.15) is 11.2 Å². The van der Waals surface area contributed by atoms with Gasteiger partial charge in [0.25, 0.3) is 0 Å². The number of hydrogen-bond acceptors (Lipinski definition) is 5. The van der Waals surface area contributed by atoms with Gasteiger partial charge in [-0.15, -0.1) is 11.3 Å². The summed E-state index contributed by atoms with van der Waals surface area (Å²) in [5.41, 5.74) is 4.47. The molecule has 4 nitrogen and oxygen atoms in total. The number of para-hydroxylation sites is 1. The summed E-state index contributed by atoms with van der Waals surface area (Å²) in [6.07, 6.45) is 0. The van der Waals surface area contributed by atoms with Crippen LogP contribution >= 0.6 is 11.3 Å². The molecule has 0 bridgehead atoms. The zero-order valence-electron chi connectivity index (χ0n) is 24.4. The van der Waals surface area contributed by atoms with Crippen molar-refractivity contribution < 1.29 is 4.42 Å². The van der Waals surface area contributed by atoms with Crippen molar-refractivity contribution in [2.75, 3.05) is 0 Å². The Labute approximate surface area is 267 Å². The Hall–Kier alpha value is -5.91. The fourth-order valence-electron chi connectivity index (χ4n) is 6.72. The molecule has 0 radical (unpaired) electrons. The fraction of sp³-hybridized carbons (Fsp3) is 0. The van der Waals surface area contributed by atoms with Crippen LogP contribution in [0.4, 0.5) is 0 Å². The van der Waals surface area contributed by atoms with Crippen molar-refractivity contribution in [1.82, 2.24) is 15.0 Å². The van der Waals surface area contributed by atoms with Gasteiger partial charge in [0.2, 0.25) is 0 Å². The van der Waals surface area contributed by atoms with Gasteiger partial charge < -0.3 is 4.42 Å². The summed E-state index contributed by atoms with van der Waals surface area (Å²) < 4.78 is 8.76. The number of thiophene rings is 1. The summed E-state index contributed by atoms with van der Waals surface area (Å²) in [7, 11) is 0. The summed E-state index contributed by atoms with van der Waals surface area (Å²) in [5.74, 6) is 1.89. The number of rotatable bonds is 3. The van der Waals surface area contributed by atoms with E-state index in [1.54, 1.807) is 0 Å². The smallest absolute Gasteiger partial charge is 0.164 e. The van der Waals surface area contributed by atoms with Crippen LogP contribution in [0.25, 0.3) is 97.8 Å². The van der Waals surface area contributed by atoms with Crippen LogP contribution in [0, 0.1) is 0 Å². The van der Waals surface area contributed by atoms with Gasteiger partial charge in [-0.3, -0.25) is 0 Å². The van der Waals surface area contributed by atoms with Crippen molar-refractivity contribution in [1.29, 1.82) is 0 Å². The summed E-state index contributed by atoms with van der Waals surface area (Å²) >= 11 is 1.81. The van der Waals surface area contributed by atoms with Crippen LogP contribution < -0.4 is 0 Å². The monoisotopic (exact) mass is 605 g/mol. The highest BCUT2D eigenvalue weighted by Crippen LogP contribution is 2.39. The molecular formula is C41H23N3OS. The standard InChI is InChI=1S/C41H23N3OS/c1-2-9-28-24(8-1)16-17-25-18-19-26(22-32(25)28)39-42-40(27-20-21-37-33(23-27)29-10-4-6-15-36(29)46-37)44-41(43-39)31-12-7-14-35-38(31)30-11-3-5-13-34(30)45-35/h1-23H. The predicted molar refractivity (Wildman–Crippen MR) is 191 cm³/mol. The Balaban J connectivity index is 1.25. The molecule has 3 aromatic heterocycles. The van der Waals surface area contributed by atoms with E-state index in [9.17, 15) is 0 Å². The molecule has 0 aliphatic carbocycles. The molecule has 10 rings (SSSR count). The SMILES string of the molecule is c1ccc2c(c1)ccc1ccc(-c3nc(-c4ccc5sc6ccccc6c5c4)nc(-c4cccc5oc6ccccc6c45)n3)cc12. The second-order valence-corrected chi connectivity index (χ2v) is 12.7. The molecule has 46 heavy (non-hydrogen) atoms. The maximum Gasteiger partial charge on any atom is 0.164 e. The average Bonchev–Trinajstić information content (AvgIpc) is 3.69. The van der Waals surface area contributed by atoms with E-state index >= 15 is 0 Å². The van der Waals surface area contributed by atoms with Crippen LogP contribution in [-0.2, 0) is 0 Å². The van der Waals surface area contributed by atoms with Crippen molar-refractivity contribution >= 4 is 75.0 Å². The summed E-state index contributed by atoms with van der Waals surface area (Å²) in [6, 6.07) is 48.7. The molecule has 0 saturated heterocycles. The lowest BCUT2D eigenvalue weighted by molar-refractivity contribution is 0.669. The minimum atomic E-state index is 0.616. The summed E-state index contributed by atoms with van der Waals surface area (Å²) in [6.45, 7) is 0. The maximum absolute atomic E-state index is 6.24. The van der Waals surface area contributed by atoms with E-state index in [2.05, 4.69) is 109 Å². The third kappa shape index (κ3) is 3.89. The molecule has 10 aromatic rings. The molecule has 0 unspecified atom stereocenters. The van der Waals surface area contributed by atoms with Gasteiger partial charge in [0.15, 0.2) is 17.5 Å². The van der Waals surface area contributed by atoms with E-state index in [0.29, 0.717) is 17.5 Å². The summed E-state index contributed by atoms with van der Waals surface area (Å²) in [4.78, 5) is 15.5. The predicted octanol–water partition coefficient (Wildman–Crippen LogP) is 11.4. The average molecular weight is 606 g/mol. The van der Waals surface area contributed by atoms with Gasteiger partial charge in [0, 0.05) is 47.6 Å². The fourth-order valence-corrected chi connectivity index (χ4v) is 7.81. The quantitative estimate of drug-likeness (QED) is 0.188. The number of hydrogen-bond donors (Lipinski definition) is 0. The molecule has 5 heteroatoms. The van der Waals surface area contributed by atoms with Crippen molar-refractivity contribution in [2.24, 2.45) is 0 Å². The van der Waals surface area contributed by atoms with Crippen molar-refractivity contribution in [3.63, 3.8) is 0 Å². The van der Waals surface area contributed by atoms with Gasteiger partial charge in [-0.25, -0.2) is 15.0 Å². The molecule has 0 amide bonds. The molecule has 0 aliphatic rings. The lowest BCUT2D eigenvalue weighted by Crippen LogP contribution is -2.00. The highest BCUT2D eigenvalue weighted by Gasteiger charge is 2.18. The van der Waals surface area contributed by atoms with Crippen molar-refractivity contribution in [3.05, 3.63) is 140 Å². The molecular weight excluding hydrogens is 583 g/mol. The van der Waals surface area contributed by atoms with E-state index in [-0.39, 0.29) is 0 Å². The molecule has 214 valence electrons. The normalized spacial score (nSPS) is 11.9. The van der Waals surface area contributed by atoms with Crippen LogP contribution in [0.2, 0.25) is 0 Å². The number of furan rings is 1. The first-order valence-corrected chi connectivity index (χ1v) is 16.1. The Morgan fingerprint density at radius 3 is 1.89 bits per heavy atom. The van der Waals surface area contributed by atoms with E-state index in [1.807, 2.05) is 41.7 Å². The van der Waals surface area contributed by atoms with Gasteiger partial charge in [-0.2, -0.15) is 0 Å². The zero-order valence-corrected chi connectivity index (χ0v) is 25.3. The molecule has 0 atom stereocenters. The van der Waals surface area contributed by atoms with Gasteiger partial charge in [0.05, 0.1) is 0 Å². The van der Waals surface area contributed by atoms with E-state index in [1.165, 1.54) is 41.7 Å². The maximum atomic E-state index is 6.24. The first kappa shape index (κ1) is 25.4. The minimum absolute atomic E-state index is 0.616. The number of aromatic nitrogens is 3.